The average Bonchev–Trinajstić information content (AvgIpc) is 2.81. The van der Waals surface area contributed by atoms with Gasteiger partial charge in [0.25, 0.3) is 0 Å². The zero-order valence-electron chi connectivity index (χ0n) is 21.4. The second-order valence-corrected chi connectivity index (χ2v) is 12.8. The molecule has 10 nitrogen and oxygen atoms in total. The monoisotopic (exact) mass is 570 g/mol. The number of urea groups is 1. The van der Waals surface area contributed by atoms with E-state index in [1.165, 1.54) is 24.1 Å². The molecule has 0 aliphatic carbocycles. The number of hydrogen-bond donors (Lipinski definition) is 2. The Balaban J connectivity index is 1.92. The van der Waals surface area contributed by atoms with Crippen molar-refractivity contribution in [2.75, 3.05) is 24.7 Å². The summed E-state index contributed by atoms with van der Waals surface area (Å²) >= 11 is 0.680. The van der Waals surface area contributed by atoms with Crippen LogP contribution in [-0.4, -0.2) is 69.4 Å². The maximum Gasteiger partial charge on any atom is 0.328 e. The number of allylic oxidation sites excluding steroid dienone is 1. The number of hydrogen-bond acceptors (Lipinski definition) is 9. The minimum atomic E-state index is -3.68. The summed E-state index contributed by atoms with van der Waals surface area (Å²) in [5.74, 6) is -4.19. The first-order valence-corrected chi connectivity index (χ1v) is 14.6. The lowest BCUT2D eigenvalue weighted by atomic mass is 9.66. The van der Waals surface area contributed by atoms with Gasteiger partial charge in [0.2, 0.25) is 11.8 Å². The standard InChI is InChI=1S/C24H28F2N4O6S2/c1-6-7-15(38(5,34)35)37-20(27-4)14-8-13-9-24(21(31)28-23(33)29-22(24)32)19-12(3)36-11(2)10-30(19)18(13)17(26)16(14)25/h7-8,11-12,19H,6,9-10H2,1-5H3,(H2,28,29,31,32,33)/b15-7+,27-20?. The van der Waals surface area contributed by atoms with Crippen molar-refractivity contribution >= 4 is 50.2 Å². The predicted molar refractivity (Wildman–Crippen MR) is 139 cm³/mol. The number of nitrogens with zero attached hydrogens (tertiary/aromatic N) is 2. The number of carbonyl (C=O) groups is 3. The molecule has 0 radical (unpaired) electrons. The molecule has 4 rings (SSSR count). The van der Waals surface area contributed by atoms with Gasteiger partial charge in [-0.3, -0.25) is 25.2 Å². The number of imide groups is 2. The number of aliphatic imine (C=N–C) groups is 1. The first-order valence-electron chi connectivity index (χ1n) is 11.9. The van der Waals surface area contributed by atoms with Crippen LogP contribution >= 0.6 is 11.8 Å². The van der Waals surface area contributed by atoms with Crippen molar-refractivity contribution in [3.63, 3.8) is 0 Å². The molecule has 1 spiro atoms. The van der Waals surface area contributed by atoms with Crippen molar-refractivity contribution in [3.8, 4) is 0 Å². The second kappa shape index (κ2) is 10.0. The van der Waals surface area contributed by atoms with Crippen LogP contribution in [0.15, 0.2) is 21.4 Å². The number of nitrogens with one attached hydrogen (secondary N) is 2. The van der Waals surface area contributed by atoms with Crippen molar-refractivity contribution in [1.82, 2.24) is 10.6 Å². The molecule has 3 heterocycles. The summed E-state index contributed by atoms with van der Waals surface area (Å²) in [6.45, 7) is 5.14. The second-order valence-electron chi connectivity index (χ2n) is 9.53. The lowest BCUT2D eigenvalue weighted by Crippen LogP contribution is -2.75. The van der Waals surface area contributed by atoms with E-state index in [2.05, 4.69) is 15.6 Å². The van der Waals surface area contributed by atoms with Crippen LogP contribution in [0.25, 0.3) is 0 Å². The Morgan fingerprint density at radius 1 is 1.24 bits per heavy atom. The topological polar surface area (TPSA) is 134 Å². The average molecular weight is 571 g/mol. The van der Waals surface area contributed by atoms with E-state index in [9.17, 15) is 22.8 Å². The Hall–Kier alpha value is -2.84. The SMILES string of the molecule is CC/C=C(\SC(=NC)c1cc2c(c(F)c1F)N1CC(C)OC(C)C1C1(C2)C(=O)NC(=O)NC1=O)S(C)(=O)=O. The van der Waals surface area contributed by atoms with Gasteiger partial charge in [-0.15, -0.1) is 0 Å². The minimum Gasteiger partial charge on any atom is -0.372 e. The van der Waals surface area contributed by atoms with Gasteiger partial charge in [0.1, 0.15) is 9.28 Å². The van der Waals surface area contributed by atoms with Crippen molar-refractivity contribution in [3.05, 3.63) is 39.1 Å². The Bertz CT molecular complexity index is 1370. The molecule has 14 heteroatoms. The smallest absolute Gasteiger partial charge is 0.328 e. The van der Waals surface area contributed by atoms with E-state index < -0.39 is 63.0 Å². The lowest BCUT2D eigenvalue weighted by Gasteiger charge is -2.55. The zero-order chi connectivity index (χ0) is 28.2. The van der Waals surface area contributed by atoms with Crippen LogP contribution in [-0.2, 0) is 30.6 Å². The highest BCUT2D eigenvalue weighted by Crippen LogP contribution is 2.48. The van der Waals surface area contributed by atoms with E-state index in [1.54, 1.807) is 20.8 Å². The number of rotatable bonds is 4. The number of barbiturate groups is 1. The summed E-state index contributed by atoms with van der Waals surface area (Å²) < 4.78 is 61.9. The van der Waals surface area contributed by atoms with Gasteiger partial charge in [-0.25, -0.2) is 22.0 Å². The third kappa shape index (κ3) is 4.51. The highest BCUT2D eigenvalue weighted by Gasteiger charge is 2.63. The highest BCUT2D eigenvalue weighted by atomic mass is 32.3. The lowest BCUT2D eigenvalue weighted by molar-refractivity contribution is -0.153. The van der Waals surface area contributed by atoms with Gasteiger partial charge in [-0.1, -0.05) is 24.8 Å². The fourth-order valence-corrected chi connectivity index (χ4v) is 7.55. The number of morpholine rings is 1. The minimum absolute atomic E-state index is 0.0505. The van der Waals surface area contributed by atoms with Gasteiger partial charge in [0.15, 0.2) is 26.9 Å². The van der Waals surface area contributed by atoms with Crippen LogP contribution in [0.1, 0.15) is 38.3 Å². The molecule has 3 atom stereocenters. The van der Waals surface area contributed by atoms with E-state index in [1.807, 2.05) is 0 Å². The third-order valence-electron chi connectivity index (χ3n) is 6.83. The Labute approximate surface area is 223 Å². The summed E-state index contributed by atoms with van der Waals surface area (Å²) in [4.78, 5) is 43.9. The van der Waals surface area contributed by atoms with Crippen molar-refractivity contribution in [1.29, 1.82) is 0 Å². The molecule has 3 aliphatic rings. The summed E-state index contributed by atoms with van der Waals surface area (Å²) in [6, 6.07) is -0.717. The van der Waals surface area contributed by atoms with E-state index >= 15 is 8.78 Å². The molecule has 3 unspecified atom stereocenters. The Kier molecular flexibility index (Phi) is 7.45. The largest absolute Gasteiger partial charge is 0.372 e. The van der Waals surface area contributed by atoms with Crippen LogP contribution in [0.3, 0.4) is 0 Å². The van der Waals surface area contributed by atoms with Gasteiger partial charge in [-0.05, 0) is 31.9 Å². The molecule has 0 bridgehead atoms. The fraction of sp³-hybridized carbons (Fsp3) is 0.500. The van der Waals surface area contributed by atoms with Gasteiger partial charge in [0.05, 0.1) is 23.9 Å². The van der Waals surface area contributed by atoms with Crippen molar-refractivity contribution in [2.45, 2.75) is 51.9 Å². The van der Waals surface area contributed by atoms with E-state index in [4.69, 9.17) is 4.74 Å². The predicted octanol–water partition coefficient (Wildman–Crippen LogP) is 2.26. The molecule has 1 aromatic carbocycles. The Morgan fingerprint density at radius 3 is 2.42 bits per heavy atom. The number of ether oxygens (including phenoxy) is 1. The number of anilines is 1. The highest BCUT2D eigenvalue weighted by molar-refractivity contribution is 8.27. The molecule has 38 heavy (non-hydrogen) atoms. The number of halogens is 2. The summed E-state index contributed by atoms with van der Waals surface area (Å²) in [5.41, 5.74) is -2.17. The normalized spacial score (nSPS) is 25.6. The van der Waals surface area contributed by atoms with Gasteiger partial charge in [0, 0.05) is 31.8 Å². The molecule has 4 amide bonds. The van der Waals surface area contributed by atoms with Crippen LogP contribution in [0, 0.1) is 17.0 Å². The van der Waals surface area contributed by atoms with Crippen LogP contribution < -0.4 is 15.5 Å². The maximum absolute atomic E-state index is 15.9. The van der Waals surface area contributed by atoms with Crippen molar-refractivity contribution < 1.29 is 36.3 Å². The third-order valence-corrected chi connectivity index (χ3v) is 9.85. The van der Waals surface area contributed by atoms with Gasteiger partial charge >= 0.3 is 6.03 Å². The van der Waals surface area contributed by atoms with Crippen LogP contribution in [0.2, 0.25) is 0 Å². The molecule has 1 aromatic rings. The Morgan fingerprint density at radius 2 is 1.87 bits per heavy atom. The molecule has 0 saturated carbocycles. The van der Waals surface area contributed by atoms with Gasteiger partial charge in [-0.2, -0.15) is 0 Å². The molecule has 2 N–H and O–H groups in total. The zero-order valence-corrected chi connectivity index (χ0v) is 23.1. The van der Waals surface area contributed by atoms with E-state index in [0.29, 0.717) is 18.2 Å². The molecule has 2 saturated heterocycles. The molecule has 206 valence electrons. The fourth-order valence-electron chi connectivity index (χ4n) is 5.44. The van der Waals surface area contributed by atoms with Crippen LogP contribution in [0.4, 0.5) is 19.3 Å². The number of thioether (sulfide) groups is 1. The molecule has 0 aromatic heterocycles. The maximum atomic E-state index is 15.9. The number of carbonyl (C=O) groups excluding carboxylic acids is 3. The van der Waals surface area contributed by atoms with E-state index in [0.717, 1.165) is 6.26 Å². The van der Waals surface area contributed by atoms with Gasteiger partial charge < -0.3 is 9.64 Å². The van der Waals surface area contributed by atoms with Crippen LogP contribution in [0.5, 0.6) is 0 Å². The quantitative estimate of drug-likeness (QED) is 0.320. The van der Waals surface area contributed by atoms with Crippen molar-refractivity contribution in [2.24, 2.45) is 10.4 Å². The first-order chi connectivity index (χ1) is 17.8. The summed E-state index contributed by atoms with van der Waals surface area (Å²) in [7, 11) is -2.36. The molecular weight excluding hydrogens is 542 g/mol. The summed E-state index contributed by atoms with van der Waals surface area (Å²) in [6.07, 6.45) is 1.29. The summed E-state index contributed by atoms with van der Waals surface area (Å²) in [5, 5.41) is 4.18. The molecule has 2 fully saturated rings. The number of sulfone groups is 1. The first kappa shape index (κ1) is 28.2. The molecular formula is C24H28F2N4O6S2. The number of fused-ring (bicyclic) bond motifs is 4. The number of amides is 4. The molecule has 3 aliphatic heterocycles. The number of benzene rings is 1. The van der Waals surface area contributed by atoms with E-state index in [-0.39, 0.29) is 39.1 Å².